The molecule has 0 fully saturated rings. The van der Waals surface area contributed by atoms with Crippen molar-refractivity contribution in [3.63, 3.8) is 0 Å². The van der Waals surface area contributed by atoms with Crippen LogP contribution in [0.4, 0.5) is 0 Å². The van der Waals surface area contributed by atoms with Gasteiger partial charge in [0.25, 0.3) is 0 Å². The fourth-order valence-electron chi connectivity index (χ4n) is 6.16. The second-order valence-corrected chi connectivity index (χ2v) is 9.42. The summed E-state index contributed by atoms with van der Waals surface area (Å²) in [6.45, 7) is 9.77. The molecule has 128 valence electrons. The molecule has 0 N–H and O–H groups in total. The van der Waals surface area contributed by atoms with Crippen molar-refractivity contribution in [2.75, 3.05) is 0 Å². The van der Waals surface area contributed by atoms with Crippen molar-refractivity contribution >= 4 is 22.4 Å². The minimum Gasteiger partial charge on any atom is -0.0760 e. The maximum Gasteiger partial charge on any atom is 0.0165 e. The fourth-order valence-corrected chi connectivity index (χ4v) is 6.16. The lowest BCUT2D eigenvalue weighted by atomic mass is 9.66. The Morgan fingerprint density at radius 1 is 0.885 bits per heavy atom. The van der Waals surface area contributed by atoms with Crippen molar-refractivity contribution in [3.05, 3.63) is 81.2 Å². The van der Waals surface area contributed by atoms with E-state index < -0.39 is 0 Å². The molecule has 1 atom stereocenters. The summed E-state index contributed by atoms with van der Waals surface area (Å²) in [6, 6.07) is 18.4. The molecule has 0 nitrogen and oxygen atoms in total. The third kappa shape index (κ3) is 1.46. The maximum atomic E-state index is 2.49. The van der Waals surface area contributed by atoms with Gasteiger partial charge in [-0.3, -0.25) is 0 Å². The number of fused-ring (bicyclic) bond motifs is 2. The van der Waals surface area contributed by atoms with E-state index in [2.05, 4.69) is 82.3 Å². The van der Waals surface area contributed by atoms with Crippen molar-refractivity contribution in [1.82, 2.24) is 0 Å². The summed E-state index contributed by atoms with van der Waals surface area (Å²) < 4.78 is 0. The Morgan fingerprint density at radius 2 is 1.69 bits per heavy atom. The molecule has 0 bridgehead atoms. The summed E-state index contributed by atoms with van der Waals surface area (Å²) in [6.07, 6.45) is 3.64. The first-order chi connectivity index (χ1) is 12.4. The maximum absolute atomic E-state index is 2.49. The van der Waals surface area contributed by atoms with Crippen molar-refractivity contribution < 1.29 is 0 Å². The van der Waals surface area contributed by atoms with E-state index in [4.69, 9.17) is 0 Å². The van der Waals surface area contributed by atoms with Crippen LogP contribution >= 0.6 is 0 Å². The Bertz CT molecular complexity index is 1250. The van der Waals surface area contributed by atoms with E-state index in [1.165, 1.54) is 21.6 Å². The standard InChI is InChI=1S/C26H24/c1-25(2)19-13-12-15-9-7-11-18-21(15)22(19)23-20(25)14-16-8-5-6-10-17(16)24(23)26(18,3)4/h5-12,14,19H,13H2,1-4H3. The van der Waals surface area contributed by atoms with E-state index in [1.807, 2.05) is 0 Å². The number of benzene rings is 3. The summed E-state index contributed by atoms with van der Waals surface area (Å²) in [4.78, 5) is 0. The lowest BCUT2D eigenvalue weighted by molar-refractivity contribution is 0.420. The van der Waals surface area contributed by atoms with Gasteiger partial charge in [-0.15, -0.1) is 0 Å². The Morgan fingerprint density at radius 3 is 2.54 bits per heavy atom. The lowest BCUT2D eigenvalue weighted by Gasteiger charge is -2.36. The van der Waals surface area contributed by atoms with E-state index >= 15 is 0 Å². The first-order valence-electron chi connectivity index (χ1n) is 9.83. The highest BCUT2D eigenvalue weighted by molar-refractivity contribution is 5.98. The van der Waals surface area contributed by atoms with Gasteiger partial charge in [0.15, 0.2) is 0 Å². The number of rotatable bonds is 0. The zero-order chi connectivity index (χ0) is 17.8. The van der Waals surface area contributed by atoms with E-state index in [0.717, 1.165) is 6.42 Å². The molecule has 0 aliphatic heterocycles. The monoisotopic (exact) mass is 336 g/mol. The van der Waals surface area contributed by atoms with Gasteiger partial charge in [-0.25, -0.2) is 0 Å². The van der Waals surface area contributed by atoms with Gasteiger partial charge in [0.2, 0.25) is 0 Å². The van der Waals surface area contributed by atoms with Crippen molar-refractivity contribution in [3.8, 4) is 0 Å². The van der Waals surface area contributed by atoms with Crippen LogP contribution < -0.4 is 10.4 Å². The molecule has 0 amide bonds. The molecule has 0 heteroatoms. The van der Waals surface area contributed by atoms with Crippen LogP contribution in [-0.2, 0) is 10.8 Å². The fraction of sp³-hybridized carbons (Fsp3) is 0.308. The first-order valence-corrected chi connectivity index (χ1v) is 9.83. The van der Waals surface area contributed by atoms with E-state index in [9.17, 15) is 0 Å². The molecular weight excluding hydrogens is 312 g/mol. The second kappa shape index (κ2) is 4.31. The van der Waals surface area contributed by atoms with Crippen molar-refractivity contribution in [2.45, 2.75) is 44.9 Å². The van der Waals surface area contributed by atoms with Gasteiger partial charge in [0.05, 0.1) is 0 Å². The summed E-state index contributed by atoms with van der Waals surface area (Å²) in [5, 5.41) is 5.82. The third-order valence-corrected chi connectivity index (χ3v) is 7.47. The van der Waals surface area contributed by atoms with E-state index in [-0.39, 0.29) is 10.8 Å². The third-order valence-electron chi connectivity index (χ3n) is 7.47. The molecule has 0 radical (unpaired) electrons. The van der Waals surface area contributed by atoms with Crippen LogP contribution in [-0.4, -0.2) is 0 Å². The molecule has 3 aliphatic rings. The van der Waals surface area contributed by atoms with Crippen LogP contribution in [0.2, 0.25) is 0 Å². The van der Waals surface area contributed by atoms with Gasteiger partial charge in [0, 0.05) is 5.41 Å². The van der Waals surface area contributed by atoms with E-state index in [1.54, 1.807) is 27.5 Å². The molecule has 1 unspecified atom stereocenters. The van der Waals surface area contributed by atoms with Gasteiger partial charge in [-0.05, 0) is 72.9 Å². The van der Waals surface area contributed by atoms with Gasteiger partial charge in [-0.1, -0.05) is 76.2 Å². The van der Waals surface area contributed by atoms with Crippen LogP contribution in [0.1, 0.15) is 56.4 Å². The summed E-state index contributed by atoms with van der Waals surface area (Å²) in [7, 11) is 0. The first kappa shape index (κ1) is 14.8. The summed E-state index contributed by atoms with van der Waals surface area (Å²) in [5.41, 5.74) is 8.06. The van der Waals surface area contributed by atoms with Gasteiger partial charge in [-0.2, -0.15) is 0 Å². The van der Waals surface area contributed by atoms with Crippen molar-refractivity contribution in [2.24, 2.45) is 5.92 Å². The summed E-state index contributed by atoms with van der Waals surface area (Å²) in [5.74, 6) is 0.595. The molecule has 3 aromatic carbocycles. The minimum atomic E-state index is 0.0237. The Kier molecular flexibility index (Phi) is 2.45. The molecule has 0 saturated heterocycles. The Hall–Kier alpha value is -2.34. The van der Waals surface area contributed by atoms with Crippen LogP contribution in [0.15, 0.2) is 48.5 Å². The molecule has 0 aromatic heterocycles. The number of hydrogen-bond donors (Lipinski definition) is 0. The van der Waals surface area contributed by atoms with Gasteiger partial charge < -0.3 is 0 Å². The van der Waals surface area contributed by atoms with E-state index in [0.29, 0.717) is 5.92 Å². The molecule has 0 heterocycles. The number of hydrogen-bond acceptors (Lipinski definition) is 0. The highest BCUT2D eigenvalue weighted by Gasteiger charge is 2.49. The van der Waals surface area contributed by atoms with Crippen LogP contribution in [0.25, 0.3) is 22.4 Å². The quantitative estimate of drug-likeness (QED) is 0.555. The highest BCUT2D eigenvalue weighted by Crippen LogP contribution is 2.57. The summed E-state index contributed by atoms with van der Waals surface area (Å²) >= 11 is 0. The second-order valence-electron chi connectivity index (χ2n) is 9.42. The van der Waals surface area contributed by atoms with Gasteiger partial charge >= 0.3 is 0 Å². The largest absolute Gasteiger partial charge is 0.0760 e. The molecule has 26 heavy (non-hydrogen) atoms. The molecular formula is C26H24. The zero-order valence-corrected chi connectivity index (χ0v) is 16.0. The predicted molar refractivity (Wildman–Crippen MR) is 110 cm³/mol. The SMILES string of the molecule is CC1(C)c2cccc3c2=C2c4c(cc5ccccc5c41)C(C)(C)C2CC=3. The Balaban J connectivity index is 1.98. The molecule has 0 spiro atoms. The highest BCUT2D eigenvalue weighted by atomic mass is 14.5. The van der Waals surface area contributed by atoms with Crippen LogP contribution in [0.5, 0.6) is 0 Å². The predicted octanol–water partition coefficient (Wildman–Crippen LogP) is 4.77. The minimum absolute atomic E-state index is 0.0237. The normalized spacial score (nSPS) is 22.9. The van der Waals surface area contributed by atoms with Crippen molar-refractivity contribution in [1.29, 1.82) is 0 Å². The van der Waals surface area contributed by atoms with Gasteiger partial charge in [0.1, 0.15) is 0 Å². The lowest BCUT2D eigenvalue weighted by Crippen LogP contribution is -2.44. The topological polar surface area (TPSA) is 0 Å². The average molecular weight is 336 g/mol. The average Bonchev–Trinajstić information content (AvgIpc) is 2.86. The van der Waals surface area contributed by atoms with Crippen LogP contribution in [0, 0.1) is 5.92 Å². The van der Waals surface area contributed by atoms with Crippen LogP contribution in [0.3, 0.4) is 0 Å². The molecule has 0 saturated carbocycles. The smallest absolute Gasteiger partial charge is 0.0165 e. The zero-order valence-electron chi connectivity index (χ0n) is 16.0. The molecule has 3 aliphatic carbocycles. The molecule has 6 rings (SSSR count). The Labute approximate surface area is 154 Å². The molecule has 3 aromatic rings.